The van der Waals surface area contributed by atoms with Crippen LogP contribution in [0.3, 0.4) is 0 Å². The maximum Gasteiger partial charge on any atom is 0.264 e. The average Bonchev–Trinajstić information content (AvgIpc) is 2.99. The van der Waals surface area contributed by atoms with E-state index >= 15 is 0 Å². The highest BCUT2D eigenvalue weighted by Crippen LogP contribution is 2.31. The third kappa shape index (κ3) is 2.82. The number of anilines is 2. The summed E-state index contributed by atoms with van der Waals surface area (Å²) in [7, 11) is 1.72. The molecular formula is C17H19ClN6O2. The molecule has 3 aromatic rings. The van der Waals surface area contributed by atoms with Crippen LogP contribution < -0.4 is 16.2 Å². The molecule has 0 bridgehead atoms. The maximum atomic E-state index is 12.8. The molecular weight excluding hydrogens is 356 g/mol. The molecule has 0 fully saturated rings. The zero-order valence-electron chi connectivity index (χ0n) is 14.3. The van der Waals surface area contributed by atoms with Crippen molar-refractivity contribution in [2.75, 3.05) is 17.2 Å². The summed E-state index contributed by atoms with van der Waals surface area (Å²) in [5, 5.41) is 4.44. The first-order valence-corrected chi connectivity index (χ1v) is 8.11. The molecule has 2 N–H and O–H groups in total. The van der Waals surface area contributed by atoms with Gasteiger partial charge in [0.15, 0.2) is 5.65 Å². The number of nitrogens with two attached hydrogens (primary N) is 1. The summed E-state index contributed by atoms with van der Waals surface area (Å²) >= 11 is 0. The van der Waals surface area contributed by atoms with E-state index in [9.17, 15) is 9.59 Å². The summed E-state index contributed by atoms with van der Waals surface area (Å²) in [6, 6.07) is 5.58. The van der Waals surface area contributed by atoms with Crippen molar-refractivity contribution in [1.29, 1.82) is 0 Å². The van der Waals surface area contributed by atoms with Crippen LogP contribution in [0.2, 0.25) is 0 Å². The number of nitrogens with zero attached hydrogens (tertiary/aromatic N) is 5. The first-order chi connectivity index (χ1) is 12.1. The van der Waals surface area contributed by atoms with Crippen LogP contribution in [-0.2, 0) is 24.8 Å². The van der Waals surface area contributed by atoms with E-state index in [0.717, 1.165) is 24.1 Å². The van der Waals surface area contributed by atoms with Gasteiger partial charge in [0.2, 0.25) is 5.91 Å². The Labute approximate surface area is 155 Å². The molecule has 0 saturated carbocycles. The minimum atomic E-state index is -0.267. The summed E-state index contributed by atoms with van der Waals surface area (Å²) < 4.78 is 2.86. The minimum Gasteiger partial charge on any atom is -0.398 e. The van der Waals surface area contributed by atoms with Gasteiger partial charge in [-0.1, -0.05) is 6.07 Å². The van der Waals surface area contributed by atoms with Gasteiger partial charge in [-0.05, 0) is 30.5 Å². The molecule has 0 aliphatic carbocycles. The minimum absolute atomic E-state index is 0. The molecule has 3 heterocycles. The first-order valence-electron chi connectivity index (χ1n) is 8.11. The van der Waals surface area contributed by atoms with Crippen LogP contribution in [0.5, 0.6) is 0 Å². The van der Waals surface area contributed by atoms with Crippen molar-refractivity contribution in [3.63, 3.8) is 0 Å². The highest BCUT2D eigenvalue weighted by molar-refractivity contribution is 5.95. The van der Waals surface area contributed by atoms with E-state index in [1.54, 1.807) is 11.9 Å². The monoisotopic (exact) mass is 374 g/mol. The predicted octanol–water partition coefficient (Wildman–Crippen LogP) is 1.11. The van der Waals surface area contributed by atoms with E-state index in [4.69, 9.17) is 5.73 Å². The Morgan fingerprint density at radius 3 is 2.96 bits per heavy atom. The third-order valence-electron chi connectivity index (χ3n) is 4.61. The zero-order chi connectivity index (χ0) is 17.6. The Morgan fingerprint density at radius 1 is 1.35 bits per heavy atom. The molecule has 9 heteroatoms. The smallest absolute Gasteiger partial charge is 0.264 e. The molecule has 0 atom stereocenters. The van der Waals surface area contributed by atoms with Crippen molar-refractivity contribution in [3.8, 4) is 0 Å². The summed E-state index contributed by atoms with van der Waals surface area (Å²) in [6.45, 7) is 0.553. The summed E-state index contributed by atoms with van der Waals surface area (Å²) in [4.78, 5) is 31.3. The second-order valence-corrected chi connectivity index (χ2v) is 6.18. The normalized spacial score (nSPS) is 13.3. The predicted molar refractivity (Wildman–Crippen MR) is 102 cm³/mol. The average molecular weight is 375 g/mol. The summed E-state index contributed by atoms with van der Waals surface area (Å²) in [5.74, 6) is -0.154. The number of rotatable bonds is 2. The maximum absolute atomic E-state index is 12.8. The van der Waals surface area contributed by atoms with Crippen LogP contribution in [0, 0.1) is 0 Å². The number of fused-ring (bicyclic) bond motifs is 2. The molecule has 0 unspecified atom stereocenters. The van der Waals surface area contributed by atoms with Crippen LogP contribution in [0.1, 0.15) is 12.0 Å². The molecule has 0 radical (unpaired) electrons. The number of aryl methyl sites for hydroxylation is 1. The molecule has 1 amide bonds. The topological polar surface area (TPSA) is 99.0 Å². The third-order valence-corrected chi connectivity index (χ3v) is 4.61. The second kappa shape index (κ2) is 6.80. The lowest BCUT2D eigenvalue weighted by molar-refractivity contribution is -0.119. The molecule has 4 rings (SSSR count). The number of amides is 1. The highest BCUT2D eigenvalue weighted by atomic mass is 35.5. The van der Waals surface area contributed by atoms with Crippen molar-refractivity contribution in [3.05, 3.63) is 46.6 Å². The fourth-order valence-electron chi connectivity index (χ4n) is 3.32. The van der Waals surface area contributed by atoms with Crippen molar-refractivity contribution in [2.45, 2.75) is 19.4 Å². The van der Waals surface area contributed by atoms with Crippen LogP contribution in [0.15, 0.2) is 35.5 Å². The Balaban J connectivity index is 0.00000196. The van der Waals surface area contributed by atoms with Crippen molar-refractivity contribution in [2.24, 2.45) is 7.05 Å². The van der Waals surface area contributed by atoms with Crippen LogP contribution >= 0.6 is 12.4 Å². The van der Waals surface area contributed by atoms with Gasteiger partial charge in [0, 0.05) is 25.0 Å². The van der Waals surface area contributed by atoms with Gasteiger partial charge in [-0.15, -0.1) is 12.4 Å². The van der Waals surface area contributed by atoms with Crippen LogP contribution in [0.25, 0.3) is 11.0 Å². The quantitative estimate of drug-likeness (QED) is 0.677. The second-order valence-electron chi connectivity index (χ2n) is 6.18. The molecule has 8 nitrogen and oxygen atoms in total. The summed E-state index contributed by atoms with van der Waals surface area (Å²) in [5.41, 5.74) is 8.80. The number of hydrogen-bond acceptors (Lipinski definition) is 5. The van der Waals surface area contributed by atoms with E-state index in [2.05, 4.69) is 10.1 Å². The number of nitrogen functional groups attached to an aromatic ring is 1. The fourth-order valence-corrected chi connectivity index (χ4v) is 3.32. The fraction of sp³-hybridized carbons (Fsp3) is 0.294. The van der Waals surface area contributed by atoms with Gasteiger partial charge in [-0.25, -0.2) is 4.98 Å². The number of halogens is 1. The lowest BCUT2D eigenvalue weighted by Crippen LogP contribution is -2.39. The molecule has 2 aromatic heterocycles. The summed E-state index contributed by atoms with van der Waals surface area (Å²) in [6.07, 6.45) is 4.58. The molecule has 1 aromatic carbocycles. The SMILES string of the molecule is Cl.Cn1ncc2c(=O)n(CC(=O)N3CCCc4c(N)cccc43)cnc21. The number of aromatic nitrogens is 4. The number of carbonyl (C=O) groups excluding carboxylic acids is 1. The number of benzene rings is 1. The van der Waals surface area contributed by atoms with Crippen molar-refractivity contribution >= 4 is 40.7 Å². The van der Waals surface area contributed by atoms with E-state index < -0.39 is 0 Å². The Hall–Kier alpha value is -2.87. The molecule has 0 saturated heterocycles. The number of hydrogen-bond donors (Lipinski definition) is 1. The van der Waals surface area contributed by atoms with Gasteiger partial charge < -0.3 is 10.6 Å². The van der Waals surface area contributed by atoms with Gasteiger partial charge in [0.1, 0.15) is 18.3 Å². The molecule has 26 heavy (non-hydrogen) atoms. The van der Waals surface area contributed by atoms with Gasteiger partial charge >= 0.3 is 0 Å². The first kappa shape index (κ1) is 17.9. The lowest BCUT2D eigenvalue weighted by atomic mass is 10.00. The van der Waals surface area contributed by atoms with Crippen LogP contribution in [0.4, 0.5) is 11.4 Å². The lowest BCUT2D eigenvalue weighted by Gasteiger charge is -2.30. The largest absolute Gasteiger partial charge is 0.398 e. The Morgan fingerprint density at radius 2 is 2.15 bits per heavy atom. The van der Waals surface area contributed by atoms with Gasteiger partial charge in [-0.3, -0.25) is 18.8 Å². The molecule has 136 valence electrons. The standard InChI is InChI=1S/C17H18N6O2.ClH/c1-21-16-12(8-20-21)17(25)22(10-19-16)9-15(24)23-7-3-4-11-13(18)5-2-6-14(11)23;/h2,5-6,8,10H,3-4,7,9,18H2,1H3;1H. The van der Waals surface area contributed by atoms with Gasteiger partial charge in [0.05, 0.1) is 6.20 Å². The van der Waals surface area contributed by atoms with Gasteiger partial charge in [0.25, 0.3) is 5.56 Å². The van der Waals surface area contributed by atoms with Crippen molar-refractivity contribution < 1.29 is 4.79 Å². The van der Waals surface area contributed by atoms with E-state index in [1.807, 2.05) is 18.2 Å². The van der Waals surface area contributed by atoms with E-state index in [1.165, 1.54) is 21.8 Å². The van der Waals surface area contributed by atoms with Crippen molar-refractivity contribution in [1.82, 2.24) is 19.3 Å². The molecule has 1 aliphatic rings. The Bertz CT molecular complexity index is 1040. The van der Waals surface area contributed by atoms with E-state index in [-0.39, 0.29) is 30.4 Å². The molecule has 1 aliphatic heterocycles. The zero-order valence-corrected chi connectivity index (χ0v) is 15.1. The van der Waals surface area contributed by atoms with E-state index in [0.29, 0.717) is 23.3 Å². The van der Waals surface area contributed by atoms with Crippen LogP contribution in [-0.4, -0.2) is 31.8 Å². The molecule has 0 spiro atoms. The Kier molecular flexibility index (Phi) is 4.69. The highest BCUT2D eigenvalue weighted by Gasteiger charge is 2.24. The number of carbonyl (C=O) groups is 1. The van der Waals surface area contributed by atoms with Gasteiger partial charge in [-0.2, -0.15) is 5.10 Å².